The Balaban J connectivity index is 1.47. The largest absolute Gasteiger partial charge is 0.355 e. The molecule has 1 aliphatic heterocycles. The number of anilines is 1. The van der Waals surface area contributed by atoms with E-state index in [0.29, 0.717) is 5.76 Å². The minimum absolute atomic E-state index is 0.253. The van der Waals surface area contributed by atoms with Gasteiger partial charge in [0.05, 0.1) is 11.8 Å². The number of nitrogens with one attached hydrogen (secondary N) is 1. The van der Waals surface area contributed by atoms with Crippen LogP contribution in [0.3, 0.4) is 0 Å². The average Bonchev–Trinajstić information content (AvgIpc) is 3.37. The van der Waals surface area contributed by atoms with Crippen molar-refractivity contribution in [3.8, 4) is 11.3 Å². The lowest BCUT2D eigenvalue weighted by Gasteiger charge is -2.32. The number of carbonyl (C=O) groups is 1. The Labute approximate surface area is 176 Å². The molecular weight excluding hydrogens is 380 g/mol. The van der Waals surface area contributed by atoms with Gasteiger partial charge in [0.2, 0.25) is 0 Å². The van der Waals surface area contributed by atoms with Gasteiger partial charge in [-0.2, -0.15) is 5.10 Å². The van der Waals surface area contributed by atoms with E-state index in [1.165, 1.54) is 0 Å². The van der Waals surface area contributed by atoms with Crippen molar-refractivity contribution in [2.24, 2.45) is 0 Å². The lowest BCUT2D eigenvalue weighted by molar-refractivity contribution is 0.101. The molecule has 1 N–H and O–H groups in total. The van der Waals surface area contributed by atoms with E-state index in [9.17, 15) is 4.79 Å². The predicted molar refractivity (Wildman–Crippen MR) is 115 cm³/mol. The zero-order chi connectivity index (χ0) is 21.1. The van der Waals surface area contributed by atoms with Crippen LogP contribution in [0, 0.1) is 6.92 Å². The summed E-state index contributed by atoms with van der Waals surface area (Å²) in [6, 6.07) is 9.59. The first-order chi connectivity index (χ1) is 14.5. The summed E-state index contributed by atoms with van der Waals surface area (Å²) < 4.78 is 7.31. The highest BCUT2D eigenvalue weighted by molar-refractivity contribution is 6.03. The van der Waals surface area contributed by atoms with Crippen LogP contribution in [0.15, 0.2) is 41.1 Å². The van der Waals surface area contributed by atoms with E-state index in [-0.39, 0.29) is 11.6 Å². The molecule has 0 radical (unpaired) electrons. The van der Waals surface area contributed by atoms with Gasteiger partial charge in [0, 0.05) is 56.7 Å². The molecule has 0 aliphatic carbocycles. The fourth-order valence-electron chi connectivity index (χ4n) is 3.73. The van der Waals surface area contributed by atoms with Crippen molar-refractivity contribution in [2.75, 3.05) is 38.5 Å². The summed E-state index contributed by atoms with van der Waals surface area (Å²) in [7, 11) is 2.15. The predicted octanol–water partition coefficient (Wildman–Crippen LogP) is 2.87. The number of para-hydroxylation sites is 1. The molecule has 30 heavy (non-hydrogen) atoms. The smallest absolute Gasteiger partial charge is 0.277 e. The second-order valence-corrected chi connectivity index (χ2v) is 7.73. The van der Waals surface area contributed by atoms with Crippen molar-refractivity contribution >= 4 is 11.6 Å². The molecule has 1 aromatic carbocycles. The number of hydrogen-bond donors (Lipinski definition) is 1. The van der Waals surface area contributed by atoms with Crippen LogP contribution in [-0.4, -0.2) is 63.9 Å². The fourth-order valence-corrected chi connectivity index (χ4v) is 3.73. The van der Waals surface area contributed by atoms with Gasteiger partial charge in [-0.1, -0.05) is 23.4 Å². The molecular formula is C22H28N6O2. The van der Waals surface area contributed by atoms with Crippen molar-refractivity contribution in [3.63, 3.8) is 0 Å². The summed E-state index contributed by atoms with van der Waals surface area (Å²) >= 11 is 0. The molecule has 0 atom stereocenters. The highest BCUT2D eigenvalue weighted by Gasteiger charge is 2.19. The van der Waals surface area contributed by atoms with Gasteiger partial charge in [0.15, 0.2) is 11.5 Å². The van der Waals surface area contributed by atoms with Crippen LogP contribution in [0.4, 0.5) is 5.69 Å². The van der Waals surface area contributed by atoms with Crippen LogP contribution in [0.1, 0.15) is 28.7 Å². The molecule has 0 bridgehead atoms. The van der Waals surface area contributed by atoms with Crippen LogP contribution in [0.25, 0.3) is 11.3 Å². The van der Waals surface area contributed by atoms with Gasteiger partial charge in [-0.05, 0) is 32.5 Å². The topological polar surface area (TPSA) is 79.4 Å². The number of carbonyl (C=O) groups excluding carboxylic acids is 1. The van der Waals surface area contributed by atoms with Crippen molar-refractivity contribution in [2.45, 2.75) is 26.9 Å². The van der Waals surface area contributed by atoms with Crippen LogP contribution < -0.4 is 5.32 Å². The molecule has 158 valence electrons. The molecule has 1 fully saturated rings. The summed E-state index contributed by atoms with van der Waals surface area (Å²) in [5, 5.41) is 11.3. The second kappa shape index (κ2) is 8.81. The molecule has 0 unspecified atom stereocenters. The summed E-state index contributed by atoms with van der Waals surface area (Å²) in [5.74, 6) is 0.263. The van der Waals surface area contributed by atoms with E-state index < -0.39 is 0 Å². The zero-order valence-electron chi connectivity index (χ0n) is 17.8. The number of aryl methyl sites for hydroxylation is 1. The number of benzene rings is 1. The maximum Gasteiger partial charge on any atom is 0.277 e. The quantitative estimate of drug-likeness (QED) is 0.676. The van der Waals surface area contributed by atoms with Crippen molar-refractivity contribution in [1.82, 2.24) is 24.7 Å². The molecule has 3 aromatic rings. The molecule has 2 aromatic heterocycles. The number of rotatable bonds is 6. The normalized spacial score (nSPS) is 15.4. The highest BCUT2D eigenvalue weighted by atomic mass is 16.5. The molecule has 1 amide bonds. The van der Waals surface area contributed by atoms with Gasteiger partial charge < -0.3 is 14.7 Å². The first kappa shape index (κ1) is 20.3. The Bertz CT molecular complexity index is 1020. The molecule has 0 saturated carbocycles. The van der Waals surface area contributed by atoms with E-state index in [1.807, 2.05) is 36.7 Å². The lowest BCUT2D eigenvalue weighted by Crippen LogP contribution is -2.43. The summed E-state index contributed by atoms with van der Waals surface area (Å²) in [6.45, 7) is 9.76. The molecule has 0 spiro atoms. The van der Waals surface area contributed by atoms with Crippen LogP contribution in [-0.2, 0) is 13.1 Å². The van der Waals surface area contributed by atoms with Gasteiger partial charge in [-0.15, -0.1) is 0 Å². The number of amides is 1. The average molecular weight is 409 g/mol. The number of aromatic nitrogens is 3. The Kier molecular flexibility index (Phi) is 5.96. The Morgan fingerprint density at radius 1 is 1.20 bits per heavy atom. The highest BCUT2D eigenvalue weighted by Crippen LogP contribution is 2.25. The Hall–Kier alpha value is -2.97. The third-order valence-corrected chi connectivity index (χ3v) is 5.67. The first-order valence-corrected chi connectivity index (χ1v) is 10.3. The van der Waals surface area contributed by atoms with Gasteiger partial charge >= 0.3 is 0 Å². The van der Waals surface area contributed by atoms with E-state index >= 15 is 0 Å². The summed E-state index contributed by atoms with van der Waals surface area (Å²) in [6.07, 6.45) is 1.74. The molecule has 1 aliphatic rings. The lowest BCUT2D eigenvalue weighted by atomic mass is 10.1. The number of likely N-dealkylation sites (N-methyl/N-ethyl adjacent to an activating group) is 1. The van der Waals surface area contributed by atoms with Crippen molar-refractivity contribution < 1.29 is 9.32 Å². The first-order valence-electron chi connectivity index (χ1n) is 10.3. The molecule has 4 rings (SSSR count). The molecule has 8 nitrogen and oxygen atoms in total. The van der Waals surface area contributed by atoms with Crippen LogP contribution in [0.5, 0.6) is 0 Å². The van der Waals surface area contributed by atoms with Crippen molar-refractivity contribution in [3.05, 3.63) is 53.5 Å². The van der Waals surface area contributed by atoms with E-state index in [1.54, 1.807) is 12.3 Å². The Morgan fingerprint density at radius 3 is 2.70 bits per heavy atom. The third kappa shape index (κ3) is 4.29. The monoisotopic (exact) mass is 408 g/mol. The van der Waals surface area contributed by atoms with Crippen molar-refractivity contribution in [1.29, 1.82) is 0 Å². The zero-order valence-corrected chi connectivity index (χ0v) is 17.8. The van der Waals surface area contributed by atoms with Gasteiger partial charge in [0.25, 0.3) is 5.91 Å². The molecule has 3 heterocycles. The summed E-state index contributed by atoms with van der Waals surface area (Å²) in [4.78, 5) is 17.6. The van der Waals surface area contributed by atoms with E-state index in [0.717, 1.165) is 61.8 Å². The van der Waals surface area contributed by atoms with Gasteiger partial charge in [-0.3, -0.25) is 14.4 Å². The third-order valence-electron chi connectivity index (χ3n) is 5.67. The number of nitrogens with zero attached hydrogens (tertiary/aromatic N) is 5. The fraction of sp³-hybridized carbons (Fsp3) is 0.409. The standard InChI is InChI=1S/C22H28N6O2/c1-4-28-16(2)18(14-23-28)21-13-20(25-30-21)22(29)24-19-8-6-5-7-17(19)15-27-11-9-26(3)10-12-27/h5-8,13-14H,4,9-12,15H2,1-3H3,(H,24,29). The van der Waals surface area contributed by atoms with E-state index in [4.69, 9.17) is 4.52 Å². The van der Waals surface area contributed by atoms with Gasteiger partial charge in [-0.25, -0.2) is 0 Å². The van der Waals surface area contributed by atoms with Gasteiger partial charge in [0.1, 0.15) is 0 Å². The maximum atomic E-state index is 12.8. The minimum atomic E-state index is -0.281. The molecule has 1 saturated heterocycles. The summed E-state index contributed by atoms with van der Waals surface area (Å²) in [5.41, 5.74) is 3.99. The number of hydrogen-bond acceptors (Lipinski definition) is 6. The van der Waals surface area contributed by atoms with E-state index in [2.05, 4.69) is 38.5 Å². The Morgan fingerprint density at radius 2 is 1.97 bits per heavy atom. The SMILES string of the molecule is CCn1ncc(-c2cc(C(=O)Nc3ccccc3CN3CCN(C)CC3)no2)c1C. The number of piperazine rings is 1. The second-order valence-electron chi connectivity index (χ2n) is 7.73. The maximum absolute atomic E-state index is 12.8. The minimum Gasteiger partial charge on any atom is -0.355 e. The van der Waals surface area contributed by atoms with Crippen LogP contribution in [0.2, 0.25) is 0 Å². The van der Waals surface area contributed by atoms with Crippen LogP contribution >= 0.6 is 0 Å². The molecule has 8 heteroatoms.